The first-order valence-corrected chi connectivity index (χ1v) is 15.7. The third-order valence-corrected chi connectivity index (χ3v) is 9.28. The van der Waals surface area contributed by atoms with Crippen molar-refractivity contribution in [2.24, 2.45) is 0 Å². The van der Waals surface area contributed by atoms with Gasteiger partial charge in [-0.2, -0.15) is 0 Å². The molecule has 2 N–H and O–H groups in total. The van der Waals surface area contributed by atoms with E-state index < -0.39 is 26.0 Å². The van der Waals surface area contributed by atoms with E-state index in [1.807, 2.05) is 0 Å². The van der Waals surface area contributed by atoms with Crippen molar-refractivity contribution in [3.05, 3.63) is 99.5 Å². The second kappa shape index (κ2) is 11.3. The lowest BCUT2D eigenvalue weighted by molar-refractivity contribution is 0.102. The Morgan fingerprint density at radius 1 is 0.947 bits per heavy atom. The SMILES string of the molecule is CS(=O)(=O)N(Cc1c(Cl)cccc1Cl)c1ccc(C(=O)Nc2ccc(S(=O)(=O)Nc3nccs3)cc2)cc1. The summed E-state index contributed by atoms with van der Waals surface area (Å²) in [4.78, 5) is 16.7. The van der Waals surface area contributed by atoms with E-state index in [0.717, 1.165) is 21.9 Å². The van der Waals surface area contributed by atoms with Gasteiger partial charge in [0.25, 0.3) is 15.9 Å². The highest BCUT2D eigenvalue weighted by molar-refractivity contribution is 7.93. The standard InChI is InChI=1S/C24H20Cl2N4O5S3/c1-37(32,33)30(15-20-21(25)3-2-4-22(20)26)18-9-5-16(6-10-18)23(31)28-17-7-11-19(12-8-17)38(34,35)29-24-27-13-14-36-24/h2-14H,15H2,1H3,(H,27,29)(H,28,31). The molecule has 14 heteroatoms. The summed E-state index contributed by atoms with van der Waals surface area (Å²) in [5, 5.41) is 5.25. The van der Waals surface area contributed by atoms with Crippen LogP contribution in [0.5, 0.6) is 0 Å². The highest BCUT2D eigenvalue weighted by Crippen LogP contribution is 2.29. The van der Waals surface area contributed by atoms with E-state index in [1.54, 1.807) is 23.6 Å². The Bertz CT molecular complexity index is 1640. The van der Waals surface area contributed by atoms with Crippen LogP contribution in [0.1, 0.15) is 15.9 Å². The van der Waals surface area contributed by atoms with Crippen LogP contribution in [0.2, 0.25) is 10.0 Å². The largest absolute Gasteiger partial charge is 0.322 e. The molecule has 9 nitrogen and oxygen atoms in total. The fourth-order valence-corrected chi connectivity index (χ4v) is 6.55. The molecule has 0 saturated heterocycles. The van der Waals surface area contributed by atoms with Crippen LogP contribution in [0, 0.1) is 0 Å². The quantitative estimate of drug-likeness (QED) is 0.259. The molecular formula is C24H20Cl2N4O5S3. The first kappa shape index (κ1) is 27.9. The number of halogens is 2. The number of aromatic nitrogens is 1. The zero-order chi connectivity index (χ0) is 27.5. The van der Waals surface area contributed by atoms with Crippen molar-refractivity contribution in [1.82, 2.24) is 4.98 Å². The van der Waals surface area contributed by atoms with E-state index in [-0.39, 0.29) is 22.1 Å². The second-order valence-electron chi connectivity index (χ2n) is 7.94. The van der Waals surface area contributed by atoms with Crippen molar-refractivity contribution in [1.29, 1.82) is 0 Å². The molecule has 0 saturated carbocycles. The predicted molar refractivity (Wildman–Crippen MR) is 151 cm³/mol. The van der Waals surface area contributed by atoms with Crippen molar-refractivity contribution >= 4 is 77.0 Å². The van der Waals surface area contributed by atoms with E-state index in [9.17, 15) is 21.6 Å². The number of hydrogen-bond donors (Lipinski definition) is 2. The molecule has 4 rings (SSSR count). The average Bonchev–Trinajstić information content (AvgIpc) is 3.36. The first-order chi connectivity index (χ1) is 17.9. The number of rotatable bonds is 9. The van der Waals surface area contributed by atoms with E-state index >= 15 is 0 Å². The summed E-state index contributed by atoms with van der Waals surface area (Å²) in [5.74, 6) is -0.465. The minimum absolute atomic E-state index is 0.00883. The number of hydrogen-bond acceptors (Lipinski definition) is 7. The third-order valence-electron chi connectivity index (χ3n) is 5.26. The van der Waals surface area contributed by atoms with Crippen molar-refractivity contribution in [3.63, 3.8) is 0 Å². The predicted octanol–water partition coefficient (Wildman–Crippen LogP) is 5.47. The first-order valence-electron chi connectivity index (χ1n) is 10.8. The molecule has 0 radical (unpaired) electrons. The molecule has 0 unspecified atom stereocenters. The summed E-state index contributed by atoms with van der Waals surface area (Å²) >= 11 is 13.6. The van der Waals surface area contributed by atoms with E-state index in [2.05, 4.69) is 15.0 Å². The van der Waals surface area contributed by atoms with Gasteiger partial charge < -0.3 is 5.32 Å². The molecule has 38 heavy (non-hydrogen) atoms. The molecule has 1 amide bonds. The molecule has 3 aromatic carbocycles. The maximum atomic E-state index is 12.8. The van der Waals surface area contributed by atoms with Gasteiger partial charge in [-0.25, -0.2) is 21.8 Å². The molecule has 198 valence electrons. The van der Waals surface area contributed by atoms with Crippen LogP contribution < -0.4 is 14.3 Å². The smallest absolute Gasteiger partial charge is 0.263 e. The molecule has 0 bridgehead atoms. The Labute approximate surface area is 234 Å². The summed E-state index contributed by atoms with van der Waals surface area (Å²) in [6, 6.07) is 16.5. The molecule has 1 aromatic heterocycles. The number of carbonyl (C=O) groups excluding carboxylic acids is 1. The molecule has 4 aromatic rings. The summed E-state index contributed by atoms with van der Waals surface area (Å²) in [5.41, 5.74) is 1.41. The molecular weight excluding hydrogens is 591 g/mol. The molecule has 0 atom stereocenters. The summed E-state index contributed by atoms with van der Waals surface area (Å²) in [6.07, 6.45) is 2.55. The monoisotopic (exact) mass is 610 g/mol. The zero-order valence-corrected chi connectivity index (χ0v) is 23.6. The number of carbonyl (C=O) groups is 1. The number of thiazole rings is 1. The Balaban J connectivity index is 1.47. The van der Waals surface area contributed by atoms with Crippen LogP contribution in [-0.4, -0.2) is 34.0 Å². The van der Waals surface area contributed by atoms with Crippen molar-refractivity contribution in [3.8, 4) is 0 Å². The average molecular weight is 612 g/mol. The normalized spacial score (nSPS) is 11.7. The lowest BCUT2D eigenvalue weighted by Crippen LogP contribution is -2.29. The van der Waals surface area contributed by atoms with Gasteiger partial charge in [0.15, 0.2) is 5.13 Å². The Morgan fingerprint density at radius 2 is 1.58 bits per heavy atom. The Hall–Kier alpha value is -3.16. The number of sulfonamides is 2. The number of amides is 1. The molecule has 1 heterocycles. The summed E-state index contributed by atoms with van der Waals surface area (Å²) < 4.78 is 53.5. The topological polar surface area (TPSA) is 126 Å². The minimum atomic E-state index is -3.82. The lowest BCUT2D eigenvalue weighted by atomic mass is 10.1. The number of benzene rings is 3. The van der Waals surface area contributed by atoms with Gasteiger partial charge in [-0.15, -0.1) is 11.3 Å². The van der Waals surface area contributed by atoms with Crippen LogP contribution >= 0.6 is 34.5 Å². The van der Waals surface area contributed by atoms with Gasteiger partial charge in [0.2, 0.25) is 10.0 Å². The van der Waals surface area contributed by atoms with Gasteiger partial charge in [0.1, 0.15) is 0 Å². The van der Waals surface area contributed by atoms with Crippen molar-refractivity contribution in [2.45, 2.75) is 11.4 Å². The zero-order valence-electron chi connectivity index (χ0n) is 19.6. The summed E-state index contributed by atoms with van der Waals surface area (Å²) in [6.45, 7) is -0.0878. The number of nitrogens with zero attached hydrogens (tertiary/aromatic N) is 2. The van der Waals surface area contributed by atoms with Crippen molar-refractivity contribution < 1.29 is 21.6 Å². The maximum Gasteiger partial charge on any atom is 0.263 e. The minimum Gasteiger partial charge on any atom is -0.322 e. The second-order valence-corrected chi connectivity index (χ2v) is 13.2. The van der Waals surface area contributed by atoms with Gasteiger partial charge in [-0.3, -0.25) is 13.8 Å². The third kappa shape index (κ3) is 6.63. The van der Waals surface area contributed by atoms with Gasteiger partial charge >= 0.3 is 0 Å². The Kier molecular flexibility index (Phi) is 8.28. The van der Waals surface area contributed by atoms with E-state index in [0.29, 0.717) is 27.0 Å². The van der Waals surface area contributed by atoms with Crippen LogP contribution in [0.25, 0.3) is 0 Å². The van der Waals surface area contributed by atoms with Gasteiger partial charge in [-0.1, -0.05) is 29.3 Å². The van der Waals surface area contributed by atoms with Crippen LogP contribution in [0.4, 0.5) is 16.5 Å². The van der Waals surface area contributed by atoms with Gasteiger partial charge in [0, 0.05) is 38.4 Å². The fourth-order valence-electron chi connectivity index (χ4n) is 3.37. The molecule has 0 aliphatic rings. The number of nitrogens with one attached hydrogen (secondary N) is 2. The van der Waals surface area contributed by atoms with Crippen LogP contribution in [0.15, 0.2) is 83.2 Å². The molecule has 0 spiro atoms. The van der Waals surface area contributed by atoms with E-state index in [4.69, 9.17) is 23.2 Å². The van der Waals surface area contributed by atoms with E-state index in [1.165, 1.54) is 54.7 Å². The summed E-state index contributed by atoms with van der Waals surface area (Å²) in [7, 11) is -7.53. The maximum absolute atomic E-state index is 12.8. The molecule has 0 fully saturated rings. The highest BCUT2D eigenvalue weighted by Gasteiger charge is 2.21. The number of anilines is 3. The lowest BCUT2D eigenvalue weighted by Gasteiger charge is -2.23. The fraction of sp³-hybridized carbons (Fsp3) is 0.0833. The molecule has 0 aliphatic carbocycles. The highest BCUT2D eigenvalue weighted by atomic mass is 35.5. The Morgan fingerprint density at radius 3 is 2.13 bits per heavy atom. The van der Waals surface area contributed by atoms with Gasteiger partial charge in [-0.05, 0) is 60.7 Å². The molecule has 0 aliphatic heterocycles. The van der Waals surface area contributed by atoms with Crippen LogP contribution in [0.3, 0.4) is 0 Å². The van der Waals surface area contributed by atoms with Crippen molar-refractivity contribution in [2.75, 3.05) is 20.6 Å². The van der Waals surface area contributed by atoms with Crippen LogP contribution in [-0.2, 0) is 26.6 Å². The van der Waals surface area contributed by atoms with Gasteiger partial charge in [0.05, 0.1) is 23.4 Å².